The highest BCUT2D eigenvalue weighted by molar-refractivity contribution is 6.02. The summed E-state index contributed by atoms with van der Waals surface area (Å²) in [5.41, 5.74) is 2.84. The lowest BCUT2D eigenvalue weighted by atomic mass is 10.0. The van der Waals surface area contributed by atoms with Crippen molar-refractivity contribution in [2.75, 3.05) is 26.2 Å². The van der Waals surface area contributed by atoms with Crippen LogP contribution in [0.25, 0.3) is 16.8 Å². The van der Waals surface area contributed by atoms with Crippen molar-refractivity contribution in [1.82, 2.24) is 15.7 Å². The molecule has 1 fully saturated rings. The number of piperidine rings is 1. The van der Waals surface area contributed by atoms with Gasteiger partial charge in [0.2, 0.25) is 0 Å². The molecule has 1 saturated heterocycles. The van der Waals surface area contributed by atoms with Gasteiger partial charge < -0.3 is 15.0 Å². The molecule has 1 unspecified atom stereocenters. The van der Waals surface area contributed by atoms with Crippen molar-refractivity contribution in [2.24, 2.45) is 0 Å². The van der Waals surface area contributed by atoms with Crippen LogP contribution >= 0.6 is 0 Å². The SMILES string of the molecule is CC1CCCCN1CCCNC(=O)C(=Cc1ccccc1C(=O)NO)COc1cccc2ccccc12. The molecule has 37 heavy (non-hydrogen) atoms. The van der Waals surface area contributed by atoms with E-state index in [4.69, 9.17) is 9.94 Å². The van der Waals surface area contributed by atoms with Crippen LogP contribution < -0.4 is 15.5 Å². The van der Waals surface area contributed by atoms with Crippen molar-refractivity contribution >= 4 is 28.7 Å². The molecule has 0 spiro atoms. The second-order valence-electron chi connectivity index (χ2n) is 9.45. The summed E-state index contributed by atoms with van der Waals surface area (Å²) < 4.78 is 6.13. The number of hydroxylamine groups is 1. The lowest BCUT2D eigenvalue weighted by molar-refractivity contribution is -0.117. The van der Waals surface area contributed by atoms with Crippen molar-refractivity contribution in [1.29, 1.82) is 0 Å². The first kappa shape index (κ1) is 26.4. The van der Waals surface area contributed by atoms with Crippen LogP contribution in [-0.4, -0.2) is 54.2 Å². The Labute approximate surface area is 218 Å². The standard InChI is InChI=1S/C30H35N3O4/c1-22-10-6-7-18-33(22)19-9-17-31-29(34)25(20-24-12-3-5-15-27(24)30(35)32-36)21-37-28-16-8-13-23-11-2-4-14-26(23)28/h2-5,8,11-16,20,22,36H,6-7,9-10,17-19,21H2,1H3,(H,31,34)(H,32,35). The average molecular weight is 502 g/mol. The Morgan fingerprint density at radius 3 is 2.68 bits per heavy atom. The van der Waals surface area contributed by atoms with Crippen molar-refractivity contribution in [3.63, 3.8) is 0 Å². The third kappa shape index (κ3) is 6.96. The molecule has 3 N–H and O–H groups in total. The Balaban J connectivity index is 1.50. The molecule has 2 amide bonds. The Hall–Kier alpha value is -3.68. The summed E-state index contributed by atoms with van der Waals surface area (Å²) >= 11 is 0. The minimum absolute atomic E-state index is 0.0259. The molecule has 0 aliphatic carbocycles. The molecule has 3 aromatic carbocycles. The second kappa shape index (κ2) is 13.0. The van der Waals surface area contributed by atoms with E-state index >= 15 is 0 Å². The first-order valence-corrected chi connectivity index (χ1v) is 12.9. The number of hydrogen-bond donors (Lipinski definition) is 3. The van der Waals surface area contributed by atoms with E-state index in [0.29, 0.717) is 29.5 Å². The van der Waals surface area contributed by atoms with Crippen molar-refractivity contribution in [3.05, 3.63) is 83.4 Å². The third-order valence-electron chi connectivity index (χ3n) is 6.91. The molecule has 1 atom stereocenters. The smallest absolute Gasteiger partial charge is 0.275 e. The van der Waals surface area contributed by atoms with Gasteiger partial charge >= 0.3 is 0 Å². The Kier molecular flexibility index (Phi) is 9.29. The van der Waals surface area contributed by atoms with Crippen LogP contribution in [0.4, 0.5) is 0 Å². The minimum Gasteiger partial charge on any atom is -0.488 e. The van der Waals surface area contributed by atoms with Crippen LogP contribution in [0, 0.1) is 0 Å². The first-order chi connectivity index (χ1) is 18.1. The number of carbonyl (C=O) groups is 2. The zero-order valence-electron chi connectivity index (χ0n) is 21.3. The molecule has 194 valence electrons. The number of benzene rings is 3. The lowest BCUT2D eigenvalue weighted by Gasteiger charge is -2.33. The minimum atomic E-state index is -0.641. The van der Waals surface area contributed by atoms with E-state index in [0.717, 1.165) is 30.3 Å². The molecule has 0 bridgehead atoms. The highest BCUT2D eigenvalue weighted by atomic mass is 16.5. The van der Waals surface area contributed by atoms with Crippen molar-refractivity contribution in [3.8, 4) is 5.75 Å². The van der Waals surface area contributed by atoms with Crippen molar-refractivity contribution < 1.29 is 19.5 Å². The van der Waals surface area contributed by atoms with E-state index in [1.165, 1.54) is 19.3 Å². The predicted octanol–water partition coefficient (Wildman–Crippen LogP) is 4.80. The number of carbonyl (C=O) groups excluding carboxylic acids is 2. The van der Waals surface area contributed by atoms with E-state index in [-0.39, 0.29) is 18.1 Å². The average Bonchev–Trinajstić information content (AvgIpc) is 2.94. The van der Waals surface area contributed by atoms with Gasteiger partial charge in [-0.25, -0.2) is 5.48 Å². The summed E-state index contributed by atoms with van der Waals surface area (Å²) in [4.78, 5) is 27.9. The zero-order valence-corrected chi connectivity index (χ0v) is 21.3. The normalized spacial score (nSPS) is 16.4. The molecular weight excluding hydrogens is 466 g/mol. The summed E-state index contributed by atoms with van der Waals surface area (Å²) in [5.74, 6) is -0.208. The summed E-state index contributed by atoms with van der Waals surface area (Å²) in [7, 11) is 0. The fraction of sp³-hybridized carbons (Fsp3) is 0.333. The Morgan fingerprint density at radius 2 is 1.84 bits per heavy atom. The monoisotopic (exact) mass is 501 g/mol. The summed E-state index contributed by atoms with van der Waals surface area (Å²) in [6, 6.07) is 21.1. The number of ether oxygens (including phenoxy) is 1. The topological polar surface area (TPSA) is 90.9 Å². The highest BCUT2D eigenvalue weighted by Crippen LogP contribution is 2.26. The number of likely N-dealkylation sites (tertiary alicyclic amines) is 1. The first-order valence-electron chi connectivity index (χ1n) is 12.9. The van der Waals surface area contributed by atoms with Crippen LogP contribution in [0.1, 0.15) is 48.5 Å². The number of fused-ring (bicyclic) bond motifs is 1. The van der Waals surface area contributed by atoms with Gasteiger partial charge in [-0.2, -0.15) is 0 Å². The van der Waals surface area contributed by atoms with Gasteiger partial charge in [0.25, 0.3) is 11.8 Å². The molecule has 0 radical (unpaired) electrons. The van der Waals surface area contributed by atoms with Gasteiger partial charge in [-0.05, 0) is 61.9 Å². The molecule has 1 heterocycles. The van der Waals surface area contributed by atoms with Gasteiger partial charge in [-0.3, -0.25) is 14.8 Å². The van der Waals surface area contributed by atoms with Gasteiger partial charge in [0, 0.05) is 30.1 Å². The summed E-state index contributed by atoms with van der Waals surface area (Å²) in [6.45, 7) is 4.91. The molecule has 0 saturated carbocycles. The molecule has 7 heteroatoms. The highest BCUT2D eigenvalue weighted by Gasteiger charge is 2.18. The number of hydrogen-bond acceptors (Lipinski definition) is 5. The molecule has 7 nitrogen and oxygen atoms in total. The molecular formula is C30H35N3O4. The molecule has 1 aliphatic heterocycles. The lowest BCUT2D eigenvalue weighted by Crippen LogP contribution is -2.39. The van der Waals surface area contributed by atoms with Gasteiger partial charge in [-0.15, -0.1) is 0 Å². The van der Waals surface area contributed by atoms with Crippen LogP contribution in [0.3, 0.4) is 0 Å². The fourth-order valence-corrected chi connectivity index (χ4v) is 4.81. The van der Waals surface area contributed by atoms with Crippen LogP contribution in [0.5, 0.6) is 5.75 Å². The molecule has 3 aromatic rings. The van der Waals surface area contributed by atoms with E-state index in [2.05, 4.69) is 17.1 Å². The van der Waals surface area contributed by atoms with Gasteiger partial charge in [0.15, 0.2) is 0 Å². The molecule has 1 aliphatic rings. The summed E-state index contributed by atoms with van der Waals surface area (Å²) in [5, 5.41) is 14.2. The van der Waals surface area contributed by atoms with E-state index < -0.39 is 5.91 Å². The molecule has 0 aromatic heterocycles. The van der Waals surface area contributed by atoms with Crippen LogP contribution in [0.2, 0.25) is 0 Å². The number of amides is 2. The van der Waals surface area contributed by atoms with E-state index in [9.17, 15) is 9.59 Å². The number of nitrogens with zero attached hydrogens (tertiary/aromatic N) is 1. The quantitative estimate of drug-likeness (QED) is 0.161. The van der Waals surface area contributed by atoms with E-state index in [1.54, 1.807) is 35.8 Å². The second-order valence-corrected chi connectivity index (χ2v) is 9.45. The maximum Gasteiger partial charge on any atom is 0.275 e. The molecule has 4 rings (SSSR count). The maximum atomic E-state index is 13.3. The number of nitrogens with one attached hydrogen (secondary N) is 2. The third-order valence-corrected chi connectivity index (χ3v) is 6.91. The number of rotatable bonds is 10. The van der Waals surface area contributed by atoms with Gasteiger partial charge in [-0.1, -0.05) is 61.0 Å². The largest absolute Gasteiger partial charge is 0.488 e. The maximum absolute atomic E-state index is 13.3. The van der Waals surface area contributed by atoms with E-state index in [1.807, 2.05) is 42.5 Å². The van der Waals surface area contributed by atoms with Crippen LogP contribution in [0.15, 0.2) is 72.3 Å². The van der Waals surface area contributed by atoms with Crippen molar-refractivity contribution in [2.45, 2.75) is 38.6 Å². The van der Waals surface area contributed by atoms with Gasteiger partial charge in [0.05, 0.1) is 5.57 Å². The Morgan fingerprint density at radius 1 is 1.05 bits per heavy atom. The van der Waals surface area contributed by atoms with Crippen LogP contribution in [-0.2, 0) is 4.79 Å². The predicted molar refractivity (Wildman–Crippen MR) is 146 cm³/mol. The zero-order chi connectivity index (χ0) is 26.0. The fourth-order valence-electron chi connectivity index (χ4n) is 4.81. The summed E-state index contributed by atoms with van der Waals surface area (Å²) in [6.07, 6.45) is 6.26. The van der Waals surface area contributed by atoms with Gasteiger partial charge in [0.1, 0.15) is 12.4 Å². The Bertz CT molecular complexity index is 1250.